The molecule has 4 heteroatoms. The summed E-state index contributed by atoms with van der Waals surface area (Å²) in [6.45, 7) is 13.5. The Morgan fingerprint density at radius 2 is 1.08 bits per heavy atom. The zero-order valence-corrected chi connectivity index (χ0v) is 13.2. The average molecular weight is 289 g/mol. The van der Waals surface area contributed by atoms with E-state index in [0.717, 1.165) is 0 Å². The Kier molecular flexibility index (Phi) is 4.81. The van der Waals surface area contributed by atoms with Crippen molar-refractivity contribution in [3.63, 3.8) is 0 Å². The SMILES string of the molecule is CC(C)(C)[P+](=[Ge]([Cl])[Cl])C(C)(C)C. The van der Waals surface area contributed by atoms with Crippen molar-refractivity contribution in [1.82, 2.24) is 0 Å². The van der Waals surface area contributed by atoms with Gasteiger partial charge in [-0.2, -0.15) is 0 Å². The zero-order chi connectivity index (χ0) is 10.2. The number of halogens is 2. The molecule has 0 fully saturated rings. The van der Waals surface area contributed by atoms with Crippen LogP contribution in [0.25, 0.3) is 0 Å². The second kappa shape index (κ2) is 4.30. The molecule has 0 unspecified atom stereocenters. The van der Waals surface area contributed by atoms with Crippen LogP contribution in [-0.2, 0) is 0 Å². The average Bonchev–Trinajstić information content (AvgIpc) is 1.49. The van der Waals surface area contributed by atoms with Crippen LogP contribution >= 0.6 is 26.1 Å². The summed E-state index contributed by atoms with van der Waals surface area (Å²) in [7, 11) is 12.3. The van der Waals surface area contributed by atoms with E-state index in [4.69, 9.17) is 20.0 Å². The van der Waals surface area contributed by atoms with Crippen LogP contribution in [0.5, 0.6) is 0 Å². The van der Waals surface area contributed by atoms with Crippen molar-refractivity contribution in [3.05, 3.63) is 0 Å². The van der Waals surface area contributed by atoms with E-state index in [1.807, 2.05) is 0 Å². The molecule has 0 aromatic carbocycles. The van der Waals surface area contributed by atoms with Crippen molar-refractivity contribution in [1.29, 1.82) is 0 Å². The number of hydrogen-bond acceptors (Lipinski definition) is 0. The predicted molar refractivity (Wildman–Crippen MR) is 63.9 cm³/mol. The van der Waals surface area contributed by atoms with Crippen molar-refractivity contribution in [2.75, 3.05) is 0 Å². The van der Waals surface area contributed by atoms with Gasteiger partial charge in [0.05, 0.1) is 0 Å². The van der Waals surface area contributed by atoms with E-state index in [9.17, 15) is 0 Å². The Balaban J connectivity index is 5.13. The fourth-order valence-corrected chi connectivity index (χ4v) is 26.7. The van der Waals surface area contributed by atoms with Crippen LogP contribution in [0.2, 0.25) is 0 Å². The topological polar surface area (TPSA) is 0 Å². The van der Waals surface area contributed by atoms with Gasteiger partial charge in [-0.25, -0.2) is 0 Å². The van der Waals surface area contributed by atoms with Crippen LogP contribution in [0.4, 0.5) is 0 Å². The molecule has 0 aromatic heterocycles. The summed E-state index contributed by atoms with van der Waals surface area (Å²) in [6.07, 6.45) is -0.204. The molecule has 0 amide bonds. The minimum absolute atomic E-state index is 0.204. The van der Waals surface area contributed by atoms with Gasteiger partial charge in [-0.05, 0) is 0 Å². The Morgan fingerprint density at radius 3 is 1.08 bits per heavy atom. The van der Waals surface area contributed by atoms with E-state index >= 15 is 0 Å². The Bertz CT molecular complexity index is 178. The van der Waals surface area contributed by atoms with Gasteiger partial charge in [0, 0.05) is 0 Å². The molecule has 0 nitrogen and oxygen atoms in total. The Morgan fingerprint density at radius 1 is 0.833 bits per heavy atom. The molecule has 0 aromatic rings. The van der Waals surface area contributed by atoms with Crippen molar-refractivity contribution in [3.8, 4) is 0 Å². The van der Waals surface area contributed by atoms with Crippen LogP contribution in [0, 0.1) is 0 Å². The molecule has 0 N–H and O–H groups in total. The molecule has 0 spiro atoms. The summed E-state index contributed by atoms with van der Waals surface area (Å²) in [5.41, 5.74) is 0. The van der Waals surface area contributed by atoms with Crippen molar-refractivity contribution >= 4 is 37.7 Å². The molecule has 0 saturated carbocycles. The fraction of sp³-hybridized carbons (Fsp3) is 1.00. The van der Waals surface area contributed by atoms with E-state index in [2.05, 4.69) is 41.5 Å². The quantitative estimate of drug-likeness (QED) is 0.454. The summed E-state index contributed by atoms with van der Waals surface area (Å²) in [4.78, 5) is 0. The molecule has 12 heavy (non-hydrogen) atoms. The maximum absolute atomic E-state index is 6.17. The van der Waals surface area contributed by atoms with Gasteiger partial charge in [0.2, 0.25) is 0 Å². The first-order valence-electron chi connectivity index (χ1n) is 4.05. The molecule has 0 aliphatic heterocycles. The third-order valence-electron chi connectivity index (χ3n) is 1.51. The molecule has 0 rings (SSSR count). The molecular formula is C8H18Cl2GeP+. The van der Waals surface area contributed by atoms with E-state index in [1.54, 1.807) is 0 Å². The van der Waals surface area contributed by atoms with Gasteiger partial charge in [0.1, 0.15) is 0 Å². The molecule has 0 aliphatic carbocycles. The molecule has 0 atom stereocenters. The first kappa shape index (κ1) is 13.4. The molecular weight excluding hydrogens is 271 g/mol. The third-order valence-corrected chi connectivity index (χ3v) is 20.4. The van der Waals surface area contributed by atoms with Crippen LogP contribution < -0.4 is 0 Å². The van der Waals surface area contributed by atoms with Crippen molar-refractivity contribution in [2.45, 2.75) is 51.9 Å². The van der Waals surface area contributed by atoms with Crippen molar-refractivity contribution < 1.29 is 0 Å². The van der Waals surface area contributed by atoms with E-state index in [1.165, 1.54) is 0 Å². The second-order valence-electron chi connectivity index (χ2n) is 4.92. The van der Waals surface area contributed by atoms with Crippen LogP contribution in [0.15, 0.2) is 0 Å². The van der Waals surface area contributed by atoms with Gasteiger partial charge in [-0.15, -0.1) is 0 Å². The van der Waals surface area contributed by atoms with E-state index < -0.39 is 11.6 Å². The minimum atomic E-state index is -1.79. The standard InChI is InChI=1S/C8H18Cl2GeP/c1-7(2,3)12(11(9)10)8(4,5)6/h1-6H3/q+1. The maximum atomic E-state index is 6.17. The van der Waals surface area contributed by atoms with Gasteiger partial charge in [-0.1, -0.05) is 0 Å². The molecule has 0 bridgehead atoms. The fourth-order valence-electron chi connectivity index (χ4n) is 1.51. The van der Waals surface area contributed by atoms with Crippen molar-refractivity contribution in [2.24, 2.45) is 0 Å². The molecule has 0 radical (unpaired) electrons. The van der Waals surface area contributed by atoms with Crippen LogP contribution in [0.3, 0.4) is 0 Å². The summed E-state index contributed by atoms with van der Waals surface area (Å²) >= 11 is -1.79. The van der Waals surface area contributed by atoms with E-state index in [0.29, 0.717) is 10.3 Å². The zero-order valence-electron chi connectivity index (χ0n) is 8.70. The first-order chi connectivity index (χ1) is 5.07. The summed E-state index contributed by atoms with van der Waals surface area (Å²) in [5, 5.41) is 0.596. The number of hydrogen-bond donors (Lipinski definition) is 0. The Hall–Kier alpha value is 1.42. The first-order valence-corrected chi connectivity index (χ1v) is 13.7. The summed E-state index contributed by atoms with van der Waals surface area (Å²) in [5.74, 6) is 0. The summed E-state index contributed by atoms with van der Waals surface area (Å²) < 4.78 is 0. The third kappa shape index (κ3) is 4.09. The van der Waals surface area contributed by atoms with Gasteiger partial charge < -0.3 is 0 Å². The van der Waals surface area contributed by atoms with Gasteiger partial charge >= 0.3 is 89.5 Å². The van der Waals surface area contributed by atoms with Gasteiger partial charge in [0.25, 0.3) is 0 Å². The van der Waals surface area contributed by atoms with Crippen LogP contribution in [-0.4, -0.2) is 21.9 Å². The van der Waals surface area contributed by atoms with Crippen LogP contribution in [0.1, 0.15) is 41.5 Å². The molecule has 0 saturated heterocycles. The second-order valence-corrected chi connectivity index (χ2v) is 22.1. The predicted octanol–water partition coefficient (Wildman–Crippen LogP) is 4.53. The number of rotatable bonds is 0. The molecule has 72 valence electrons. The summed E-state index contributed by atoms with van der Waals surface area (Å²) in [6, 6.07) is 0. The Labute approximate surface area is 89.3 Å². The van der Waals surface area contributed by atoms with Gasteiger partial charge in [0.15, 0.2) is 0 Å². The molecule has 0 aliphatic rings. The van der Waals surface area contributed by atoms with E-state index in [-0.39, 0.29) is 6.09 Å². The monoisotopic (exact) mass is 289 g/mol. The molecule has 0 heterocycles. The normalized spacial score (nSPS) is 13.0. The van der Waals surface area contributed by atoms with Gasteiger partial charge in [-0.3, -0.25) is 0 Å².